The van der Waals surface area contributed by atoms with Crippen molar-refractivity contribution in [2.75, 3.05) is 5.32 Å². The van der Waals surface area contributed by atoms with E-state index < -0.39 is 0 Å². The summed E-state index contributed by atoms with van der Waals surface area (Å²) in [5.41, 5.74) is 8.64. The normalized spacial score (nSPS) is 11.2. The van der Waals surface area contributed by atoms with Crippen LogP contribution in [0.1, 0.15) is 5.56 Å². The summed E-state index contributed by atoms with van der Waals surface area (Å²) in [5.74, 6) is 0.922. The molecule has 3 rings (SSSR count). The van der Waals surface area contributed by atoms with Crippen molar-refractivity contribution in [3.63, 3.8) is 0 Å². The van der Waals surface area contributed by atoms with Gasteiger partial charge in [0.1, 0.15) is 0 Å². The second kappa shape index (κ2) is 8.29. The molecule has 3 aromatic rings. The zero-order valence-corrected chi connectivity index (χ0v) is 15.2. The molecule has 0 fully saturated rings. The van der Waals surface area contributed by atoms with Crippen LogP contribution in [0.3, 0.4) is 0 Å². The van der Waals surface area contributed by atoms with Gasteiger partial charge < -0.3 is 11.1 Å². The Morgan fingerprint density at radius 3 is 2.62 bits per heavy atom. The number of hydrogen-bond acceptors (Lipinski definition) is 2. The number of guanidine groups is 1. The smallest absolute Gasteiger partial charge is 0.198 e. The van der Waals surface area contributed by atoms with Crippen molar-refractivity contribution < 1.29 is 0 Å². The molecule has 0 heterocycles. The molecule has 3 nitrogen and oxygen atoms in total. The Kier molecular flexibility index (Phi) is 6.37. The van der Waals surface area contributed by atoms with Gasteiger partial charge in [0.2, 0.25) is 0 Å². The maximum Gasteiger partial charge on any atom is 0.198 e. The third kappa shape index (κ3) is 4.15. The fourth-order valence-corrected chi connectivity index (χ4v) is 2.73. The van der Waals surface area contributed by atoms with Crippen molar-refractivity contribution in [1.82, 2.24) is 0 Å². The average molecular weight is 378 g/mol. The van der Waals surface area contributed by atoms with Gasteiger partial charge in [-0.1, -0.05) is 54.1 Å². The Morgan fingerprint density at radius 1 is 1.08 bits per heavy atom. The van der Waals surface area contributed by atoms with E-state index in [1.807, 2.05) is 60.7 Å². The topological polar surface area (TPSA) is 50.4 Å². The minimum atomic E-state index is 0. The minimum Gasteiger partial charge on any atom is -0.369 e. The molecule has 0 aromatic heterocycles. The molecule has 0 unspecified atom stereocenters. The van der Waals surface area contributed by atoms with Gasteiger partial charge in [-0.05, 0) is 29.1 Å². The highest BCUT2D eigenvalue weighted by Gasteiger charge is 2.04. The third-order valence-corrected chi connectivity index (χ3v) is 4.18. The second-order valence-corrected chi connectivity index (χ2v) is 5.82. The Bertz CT molecular complexity index is 876. The molecule has 0 aliphatic carbocycles. The Labute approximate surface area is 157 Å². The fraction of sp³-hybridized carbons (Fsp3) is 0.0556. The largest absolute Gasteiger partial charge is 0.369 e. The molecule has 0 aliphatic heterocycles. The third-order valence-electron chi connectivity index (χ3n) is 3.48. The van der Waals surface area contributed by atoms with Crippen molar-refractivity contribution in [3.05, 3.63) is 71.2 Å². The number of fused-ring (bicyclic) bond motifs is 1. The Balaban J connectivity index is 0.00000208. The van der Waals surface area contributed by atoms with E-state index in [2.05, 4.69) is 22.9 Å². The van der Waals surface area contributed by atoms with Crippen molar-refractivity contribution >= 4 is 64.7 Å². The summed E-state index contributed by atoms with van der Waals surface area (Å²) in [6.07, 6.45) is 0. The van der Waals surface area contributed by atoms with Crippen molar-refractivity contribution in [2.24, 2.45) is 10.7 Å². The fourth-order valence-electron chi connectivity index (χ4n) is 2.37. The molecule has 0 saturated carbocycles. The van der Waals surface area contributed by atoms with Gasteiger partial charge in [0, 0.05) is 11.1 Å². The molecule has 0 radical (unpaired) electrons. The van der Waals surface area contributed by atoms with E-state index >= 15 is 0 Å². The summed E-state index contributed by atoms with van der Waals surface area (Å²) in [6.45, 7) is 0. The molecule has 6 heteroatoms. The quantitative estimate of drug-likeness (QED) is 0.325. The number of nitrogens with two attached hydrogens (primary N) is 1. The van der Waals surface area contributed by atoms with Gasteiger partial charge >= 0.3 is 0 Å². The number of benzene rings is 3. The molecule has 0 spiro atoms. The lowest BCUT2D eigenvalue weighted by molar-refractivity contribution is 1.40. The van der Waals surface area contributed by atoms with Gasteiger partial charge in [0.05, 0.1) is 16.4 Å². The van der Waals surface area contributed by atoms with Crippen LogP contribution in [0.5, 0.6) is 0 Å². The number of aliphatic imine (C=N–C) groups is 1. The molecule has 3 N–H and O–H groups in total. The van der Waals surface area contributed by atoms with E-state index in [4.69, 9.17) is 17.3 Å². The van der Waals surface area contributed by atoms with Gasteiger partial charge in [-0.15, -0.1) is 12.4 Å². The van der Waals surface area contributed by atoms with E-state index in [9.17, 15) is 0 Å². The number of hydrogen-bond donors (Lipinski definition) is 3. The highest BCUT2D eigenvalue weighted by Crippen LogP contribution is 2.27. The number of halogens is 2. The molecular formula is C18H17Cl2N3S. The summed E-state index contributed by atoms with van der Waals surface area (Å²) in [7, 11) is 0. The summed E-state index contributed by atoms with van der Waals surface area (Å²) >= 11 is 10.5. The highest BCUT2D eigenvalue weighted by molar-refractivity contribution is 7.79. The summed E-state index contributed by atoms with van der Waals surface area (Å²) in [4.78, 5) is 4.48. The highest BCUT2D eigenvalue weighted by atomic mass is 35.5. The van der Waals surface area contributed by atoms with Crippen molar-refractivity contribution in [3.8, 4) is 0 Å². The summed E-state index contributed by atoms with van der Waals surface area (Å²) in [6, 6.07) is 19.7. The van der Waals surface area contributed by atoms with Crippen LogP contribution in [0.15, 0.2) is 65.7 Å². The number of anilines is 1. The Hall–Kier alpha value is -1.88. The predicted octanol–water partition coefficient (Wildman–Crippen LogP) is 5.40. The van der Waals surface area contributed by atoms with Crippen LogP contribution >= 0.6 is 36.6 Å². The monoisotopic (exact) mass is 377 g/mol. The first-order valence-electron chi connectivity index (χ1n) is 7.15. The van der Waals surface area contributed by atoms with Crippen LogP contribution < -0.4 is 11.1 Å². The van der Waals surface area contributed by atoms with E-state index in [1.165, 1.54) is 0 Å². The van der Waals surface area contributed by atoms with Crippen LogP contribution in [0, 0.1) is 0 Å². The van der Waals surface area contributed by atoms with E-state index in [0.717, 1.165) is 27.7 Å². The summed E-state index contributed by atoms with van der Waals surface area (Å²) < 4.78 is 0. The number of nitrogens with one attached hydrogen (secondary N) is 1. The Morgan fingerprint density at radius 2 is 1.83 bits per heavy atom. The van der Waals surface area contributed by atoms with Crippen LogP contribution in [0.2, 0.25) is 5.02 Å². The molecular weight excluding hydrogens is 361 g/mol. The molecule has 3 aromatic carbocycles. The van der Waals surface area contributed by atoms with Crippen LogP contribution in [-0.4, -0.2) is 5.96 Å². The average Bonchev–Trinajstić information content (AvgIpc) is 2.57. The number of nitrogens with zero attached hydrogens (tertiary/aromatic N) is 1. The zero-order chi connectivity index (χ0) is 16.2. The first-order valence-corrected chi connectivity index (χ1v) is 8.16. The minimum absolute atomic E-state index is 0. The SMILES string of the molecule is Cl.NC(=Nc1cccc2ccccc12)Nc1cc(CS)ccc1Cl. The maximum absolute atomic E-state index is 6.20. The van der Waals surface area contributed by atoms with Gasteiger partial charge in [0.15, 0.2) is 5.96 Å². The summed E-state index contributed by atoms with van der Waals surface area (Å²) in [5, 5.41) is 5.82. The van der Waals surface area contributed by atoms with Gasteiger partial charge in [-0.2, -0.15) is 12.6 Å². The van der Waals surface area contributed by atoms with E-state index in [-0.39, 0.29) is 12.4 Å². The first kappa shape index (κ1) is 18.5. The molecule has 0 bridgehead atoms. The second-order valence-electron chi connectivity index (χ2n) is 5.09. The van der Waals surface area contributed by atoms with Crippen LogP contribution in [0.25, 0.3) is 10.8 Å². The van der Waals surface area contributed by atoms with E-state index in [1.54, 1.807) is 0 Å². The van der Waals surface area contributed by atoms with Gasteiger partial charge in [-0.3, -0.25) is 0 Å². The lowest BCUT2D eigenvalue weighted by atomic mass is 10.1. The number of rotatable bonds is 3. The van der Waals surface area contributed by atoms with Gasteiger partial charge in [0.25, 0.3) is 0 Å². The number of thiol groups is 1. The maximum atomic E-state index is 6.20. The zero-order valence-electron chi connectivity index (χ0n) is 12.7. The van der Waals surface area contributed by atoms with Crippen molar-refractivity contribution in [2.45, 2.75) is 5.75 Å². The molecule has 124 valence electrons. The molecule has 0 atom stereocenters. The molecule has 24 heavy (non-hydrogen) atoms. The molecule has 0 saturated heterocycles. The standard InChI is InChI=1S/C18H16ClN3S.ClH/c19-15-9-8-12(11-23)10-17(15)22-18(20)21-16-7-3-5-13-4-1-2-6-14(13)16;/h1-10,23H,11H2,(H3,20,21,22);1H. The first-order chi connectivity index (χ1) is 11.2. The lowest BCUT2D eigenvalue weighted by Gasteiger charge is -2.10. The molecule has 0 aliphatic rings. The van der Waals surface area contributed by atoms with Crippen LogP contribution in [0.4, 0.5) is 11.4 Å². The van der Waals surface area contributed by atoms with Crippen LogP contribution in [-0.2, 0) is 5.75 Å². The van der Waals surface area contributed by atoms with Gasteiger partial charge in [-0.25, -0.2) is 4.99 Å². The van der Waals surface area contributed by atoms with E-state index in [0.29, 0.717) is 16.7 Å². The molecule has 0 amide bonds. The lowest BCUT2D eigenvalue weighted by Crippen LogP contribution is -2.22. The van der Waals surface area contributed by atoms with Crippen molar-refractivity contribution in [1.29, 1.82) is 0 Å². The predicted molar refractivity (Wildman–Crippen MR) is 110 cm³/mol.